The van der Waals surface area contributed by atoms with Crippen molar-refractivity contribution in [2.24, 2.45) is 0 Å². The van der Waals surface area contributed by atoms with Crippen LogP contribution in [0, 0.1) is 0 Å². The monoisotopic (exact) mass is 239 g/mol. The summed E-state index contributed by atoms with van der Waals surface area (Å²) in [7, 11) is 0. The molecule has 2 rings (SSSR count). The van der Waals surface area contributed by atoms with Crippen molar-refractivity contribution < 1.29 is 9.53 Å². The van der Waals surface area contributed by atoms with E-state index in [9.17, 15) is 4.79 Å². The van der Waals surface area contributed by atoms with Crippen LogP contribution in [0.4, 0.5) is 5.82 Å². The molecule has 0 aliphatic carbocycles. The first kappa shape index (κ1) is 10.8. The number of hydrogen-bond donors (Lipinski definition) is 1. The molecule has 0 amide bonds. The summed E-state index contributed by atoms with van der Waals surface area (Å²) in [4.78, 5) is 15.6. The minimum atomic E-state index is -0.528. The third-order valence-electron chi connectivity index (χ3n) is 2.09. The van der Waals surface area contributed by atoms with Crippen LogP contribution in [0.5, 0.6) is 0 Å². The van der Waals surface area contributed by atoms with Gasteiger partial charge in [0.1, 0.15) is 11.5 Å². The Bertz CT molecular complexity index is 550. The molecule has 0 saturated heterocycles. The third kappa shape index (κ3) is 1.69. The summed E-state index contributed by atoms with van der Waals surface area (Å²) in [5, 5.41) is 0.520. The van der Waals surface area contributed by atoms with E-state index in [2.05, 4.69) is 4.98 Å². The van der Waals surface area contributed by atoms with E-state index in [0.29, 0.717) is 10.7 Å². The number of rotatable bonds is 2. The Kier molecular flexibility index (Phi) is 2.70. The number of hydrogen-bond acceptors (Lipinski definition) is 4. The van der Waals surface area contributed by atoms with Crippen LogP contribution in [0.15, 0.2) is 18.3 Å². The van der Waals surface area contributed by atoms with E-state index in [-0.39, 0.29) is 18.1 Å². The molecule has 2 N–H and O–H groups in total. The molecule has 6 heteroatoms. The van der Waals surface area contributed by atoms with Crippen molar-refractivity contribution in [3.63, 3.8) is 0 Å². The minimum absolute atomic E-state index is 0.115. The largest absolute Gasteiger partial charge is 0.461 e. The Labute approximate surface area is 96.8 Å². The lowest BCUT2D eigenvalue weighted by atomic mass is 10.4. The van der Waals surface area contributed by atoms with E-state index in [1.807, 2.05) is 0 Å². The number of ether oxygens (including phenoxy) is 1. The van der Waals surface area contributed by atoms with Crippen molar-refractivity contribution in [3.05, 3.63) is 29.0 Å². The third-order valence-corrected chi connectivity index (χ3v) is 2.31. The summed E-state index contributed by atoms with van der Waals surface area (Å²) in [6.45, 7) is 2.01. The van der Waals surface area contributed by atoms with Crippen LogP contribution in [0.1, 0.15) is 17.4 Å². The number of fused-ring (bicyclic) bond motifs is 1. The summed E-state index contributed by atoms with van der Waals surface area (Å²) in [5.41, 5.74) is 6.46. The maximum atomic E-state index is 11.5. The zero-order valence-corrected chi connectivity index (χ0v) is 9.36. The second-order valence-corrected chi connectivity index (χ2v) is 3.58. The van der Waals surface area contributed by atoms with Crippen LogP contribution in [0.2, 0.25) is 5.02 Å². The number of nitrogens with two attached hydrogens (primary N) is 1. The Balaban J connectivity index is 2.56. The van der Waals surface area contributed by atoms with Crippen molar-refractivity contribution in [2.45, 2.75) is 6.92 Å². The first-order chi connectivity index (χ1) is 7.63. The van der Waals surface area contributed by atoms with Gasteiger partial charge in [0.2, 0.25) is 0 Å². The standard InChI is InChI=1S/C10H10ClN3O2/c1-2-16-10(15)8-9(12)14-5-6(11)3-4-7(14)13-8/h3-5H,2,12H2,1H3. The number of anilines is 1. The van der Waals surface area contributed by atoms with Crippen LogP contribution < -0.4 is 5.73 Å². The highest BCUT2D eigenvalue weighted by Crippen LogP contribution is 2.18. The molecular formula is C10H10ClN3O2. The predicted octanol–water partition coefficient (Wildman–Crippen LogP) is 1.75. The maximum Gasteiger partial charge on any atom is 0.360 e. The van der Waals surface area contributed by atoms with E-state index in [1.165, 1.54) is 0 Å². The molecule has 0 fully saturated rings. The van der Waals surface area contributed by atoms with Gasteiger partial charge in [0.25, 0.3) is 0 Å². The minimum Gasteiger partial charge on any atom is -0.461 e. The zero-order valence-electron chi connectivity index (χ0n) is 8.61. The molecule has 2 aromatic rings. The SMILES string of the molecule is CCOC(=O)c1nc2ccc(Cl)cn2c1N. The van der Waals surface area contributed by atoms with Gasteiger partial charge in [-0.2, -0.15) is 0 Å². The van der Waals surface area contributed by atoms with E-state index in [0.717, 1.165) is 0 Å². The number of halogens is 1. The Hall–Kier alpha value is -1.75. The van der Waals surface area contributed by atoms with Crippen LogP contribution in [-0.4, -0.2) is 22.0 Å². The number of nitrogen functional groups attached to an aromatic ring is 1. The highest BCUT2D eigenvalue weighted by molar-refractivity contribution is 6.30. The Morgan fingerprint density at radius 3 is 3.06 bits per heavy atom. The van der Waals surface area contributed by atoms with Gasteiger partial charge in [0.15, 0.2) is 5.69 Å². The van der Waals surface area contributed by atoms with Crippen LogP contribution in [0.3, 0.4) is 0 Å². The number of aromatic nitrogens is 2. The molecule has 0 atom stereocenters. The highest BCUT2D eigenvalue weighted by Gasteiger charge is 2.17. The van der Waals surface area contributed by atoms with Gasteiger partial charge in [-0.1, -0.05) is 11.6 Å². The molecule has 5 nitrogen and oxygen atoms in total. The van der Waals surface area contributed by atoms with E-state index >= 15 is 0 Å². The fraction of sp³-hybridized carbons (Fsp3) is 0.200. The van der Waals surface area contributed by atoms with Crippen LogP contribution in [0.25, 0.3) is 5.65 Å². The molecule has 0 aliphatic heterocycles. The van der Waals surface area contributed by atoms with Gasteiger partial charge in [0.05, 0.1) is 11.6 Å². The van der Waals surface area contributed by atoms with Crippen molar-refractivity contribution in [1.29, 1.82) is 0 Å². The average molecular weight is 240 g/mol. The number of carbonyl (C=O) groups excluding carboxylic acids is 1. The molecule has 0 unspecified atom stereocenters. The van der Waals surface area contributed by atoms with Gasteiger partial charge >= 0.3 is 5.97 Å². The fourth-order valence-electron chi connectivity index (χ4n) is 1.39. The van der Waals surface area contributed by atoms with E-state index in [4.69, 9.17) is 22.1 Å². The zero-order chi connectivity index (χ0) is 11.7. The lowest BCUT2D eigenvalue weighted by Gasteiger charge is -1.99. The summed E-state index contributed by atoms with van der Waals surface area (Å²) in [6.07, 6.45) is 1.60. The molecule has 16 heavy (non-hydrogen) atoms. The Morgan fingerprint density at radius 1 is 1.62 bits per heavy atom. The summed E-state index contributed by atoms with van der Waals surface area (Å²) < 4.78 is 6.39. The molecule has 0 saturated carbocycles. The van der Waals surface area contributed by atoms with Gasteiger partial charge in [-0.15, -0.1) is 0 Å². The van der Waals surface area contributed by atoms with Gasteiger partial charge in [-0.05, 0) is 19.1 Å². The van der Waals surface area contributed by atoms with Crippen molar-refractivity contribution in [1.82, 2.24) is 9.38 Å². The average Bonchev–Trinajstić information content (AvgIpc) is 2.57. The summed E-state index contributed by atoms with van der Waals surface area (Å²) in [6, 6.07) is 3.36. The van der Waals surface area contributed by atoms with Crippen molar-refractivity contribution in [2.75, 3.05) is 12.3 Å². The normalized spacial score (nSPS) is 10.6. The number of pyridine rings is 1. The second-order valence-electron chi connectivity index (χ2n) is 3.14. The van der Waals surface area contributed by atoms with Gasteiger partial charge in [-0.3, -0.25) is 4.40 Å². The molecule has 2 heterocycles. The molecular weight excluding hydrogens is 230 g/mol. The number of imidazole rings is 1. The van der Waals surface area contributed by atoms with Crippen molar-refractivity contribution in [3.8, 4) is 0 Å². The molecule has 2 aromatic heterocycles. The molecule has 0 radical (unpaired) electrons. The molecule has 0 aromatic carbocycles. The van der Waals surface area contributed by atoms with Gasteiger partial charge < -0.3 is 10.5 Å². The number of esters is 1. The molecule has 84 valence electrons. The molecule has 0 bridgehead atoms. The van der Waals surface area contributed by atoms with E-state index in [1.54, 1.807) is 29.7 Å². The first-order valence-corrected chi connectivity index (χ1v) is 5.11. The van der Waals surface area contributed by atoms with E-state index < -0.39 is 5.97 Å². The lowest BCUT2D eigenvalue weighted by molar-refractivity contribution is 0.0521. The fourth-order valence-corrected chi connectivity index (χ4v) is 1.55. The predicted molar refractivity (Wildman–Crippen MR) is 60.6 cm³/mol. The molecule has 0 aliphatic rings. The maximum absolute atomic E-state index is 11.5. The van der Waals surface area contributed by atoms with Crippen LogP contribution >= 0.6 is 11.6 Å². The summed E-state index contributed by atoms with van der Waals surface area (Å²) >= 11 is 5.82. The smallest absolute Gasteiger partial charge is 0.360 e. The number of nitrogens with zero attached hydrogens (tertiary/aromatic N) is 2. The van der Waals surface area contributed by atoms with Gasteiger partial charge in [0, 0.05) is 6.20 Å². The summed E-state index contributed by atoms with van der Waals surface area (Å²) in [5.74, 6) is -0.296. The number of carbonyl (C=O) groups is 1. The lowest BCUT2D eigenvalue weighted by Crippen LogP contribution is -2.08. The molecule has 0 spiro atoms. The topological polar surface area (TPSA) is 69.6 Å². The quantitative estimate of drug-likeness (QED) is 0.811. The first-order valence-electron chi connectivity index (χ1n) is 4.73. The Morgan fingerprint density at radius 2 is 2.38 bits per heavy atom. The highest BCUT2D eigenvalue weighted by atomic mass is 35.5. The van der Waals surface area contributed by atoms with Gasteiger partial charge in [-0.25, -0.2) is 9.78 Å². The second kappa shape index (κ2) is 4.02. The van der Waals surface area contributed by atoms with Crippen molar-refractivity contribution >= 4 is 29.0 Å². The van der Waals surface area contributed by atoms with Crippen LogP contribution in [-0.2, 0) is 4.74 Å².